The highest BCUT2D eigenvalue weighted by molar-refractivity contribution is 6.11. The number of hydrogen-bond donors (Lipinski definition) is 2. The fourth-order valence-corrected chi connectivity index (χ4v) is 5.03. The van der Waals surface area contributed by atoms with E-state index >= 15 is 0 Å². The van der Waals surface area contributed by atoms with E-state index in [1.165, 1.54) is 12.4 Å². The summed E-state index contributed by atoms with van der Waals surface area (Å²) in [4.78, 5) is 39.6. The van der Waals surface area contributed by atoms with E-state index in [0.717, 1.165) is 0 Å². The molecule has 40 heavy (non-hydrogen) atoms. The molecule has 4 aromatic heterocycles. The van der Waals surface area contributed by atoms with Crippen molar-refractivity contribution in [3.05, 3.63) is 65.9 Å². The molecule has 0 aromatic carbocycles. The molecule has 4 aromatic rings. The van der Waals surface area contributed by atoms with Crippen LogP contribution in [0, 0.1) is 5.92 Å². The number of hydrogen-bond acceptors (Lipinski definition) is 9. The SMILES string of the molecule is CCC(=O)c1ccc(-c2cnc3c(C(=O)Cc4cnccc4N4C[C@@H](N)C[C@@H](C(F)(F)F)C4)c(N)oc3c2)cn1. The van der Waals surface area contributed by atoms with Crippen molar-refractivity contribution in [2.45, 2.75) is 38.4 Å². The van der Waals surface area contributed by atoms with Crippen molar-refractivity contribution in [3.63, 3.8) is 0 Å². The van der Waals surface area contributed by atoms with Gasteiger partial charge in [0, 0.05) is 79.1 Å². The summed E-state index contributed by atoms with van der Waals surface area (Å²) in [6.07, 6.45) is 1.68. The van der Waals surface area contributed by atoms with Gasteiger partial charge in [-0.05, 0) is 24.6 Å². The topological polar surface area (TPSA) is 141 Å². The number of carbonyl (C=O) groups excluding carboxylic acids is 2. The number of rotatable bonds is 7. The van der Waals surface area contributed by atoms with Crippen LogP contribution in [-0.2, 0) is 6.42 Å². The predicted molar refractivity (Wildman–Crippen MR) is 143 cm³/mol. The third-order valence-corrected chi connectivity index (χ3v) is 7.05. The Morgan fingerprint density at radius 1 is 1.07 bits per heavy atom. The third kappa shape index (κ3) is 5.39. The summed E-state index contributed by atoms with van der Waals surface area (Å²) >= 11 is 0. The number of nitrogens with two attached hydrogens (primary N) is 2. The number of Topliss-reactive ketones (excluding diaryl/α,β-unsaturated/α-hetero) is 2. The number of ketones is 2. The fraction of sp³-hybridized carbons (Fsp3) is 0.321. The van der Waals surface area contributed by atoms with Crippen molar-refractivity contribution in [2.75, 3.05) is 23.7 Å². The van der Waals surface area contributed by atoms with Gasteiger partial charge in [-0.1, -0.05) is 13.0 Å². The first kappa shape index (κ1) is 27.3. The molecule has 0 saturated carbocycles. The maximum Gasteiger partial charge on any atom is 0.393 e. The molecule has 0 radical (unpaired) electrons. The van der Waals surface area contributed by atoms with Crippen LogP contribution in [0.3, 0.4) is 0 Å². The predicted octanol–water partition coefficient (Wildman–Crippen LogP) is 4.60. The van der Waals surface area contributed by atoms with Gasteiger partial charge in [0.1, 0.15) is 16.8 Å². The summed E-state index contributed by atoms with van der Waals surface area (Å²) in [6, 6.07) is 5.98. The minimum atomic E-state index is -4.38. The molecule has 1 saturated heterocycles. The number of fused-ring (bicyclic) bond motifs is 1. The number of carbonyl (C=O) groups is 2. The van der Waals surface area contributed by atoms with Crippen LogP contribution in [0.4, 0.5) is 24.7 Å². The number of nitrogens with zero attached hydrogens (tertiary/aromatic N) is 4. The van der Waals surface area contributed by atoms with Gasteiger partial charge in [0.25, 0.3) is 0 Å². The molecule has 5 rings (SSSR count). The minimum Gasteiger partial charge on any atom is -0.438 e. The summed E-state index contributed by atoms with van der Waals surface area (Å²) in [5.41, 5.74) is 15.3. The molecule has 5 heterocycles. The molecule has 2 atom stereocenters. The molecule has 0 amide bonds. The molecule has 4 N–H and O–H groups in total. The van der Waals surface area contributed by atoms with Crippen molar-refractivity contribution < 1.29 is 27.2 Å². The van der Waals surface area contributed by atoms with E-state index in [4.69, 9.17) is 15.9 Å². The first-order valence-electron chi connectivity index (χ1n) is 12.8. The largest absolute Gasteiger partial charge is 0.438 e. The number of aromatic nitrogens is 3. The van der Waals surface area contributed by atoms with Crippen LogP contribution in [0.15, 0.2) is 53.5 Å². The van der Waals surface area contributed by atoms with Crippen LogP contribution in [-0.4, -0.2) is 51.8 Å². The van der Waals surface area contributed by atoms with Gasteiger partial charge in [0.15, 0.2) is 17.1 Å². The summed E-state index contributed by atoms with van der Waals surface area (Å²) in [6.45, 7) is 1.73. The van der Waals surface area contributed by atoms with E-state index < -0.39 is 23.9 Å². The van der Waals surface area contributed by atoms with Crippen LogP contribution >= 0.6 is 0 Å². The Labute approximate surface area is 227 Å². The van der Waals surface area contributed by atoms with Gasteiger partial charge in [0.2, 0.25) is 5.88 Å². The summed E-state index contributed by atoms with van der Waals surface area (Å²) in [5, 5.41) is 0. The summed E-state index contributed by atoms with van der Waals surface area (Å²) in [7, 11) is 0. The summed E-state index contributed by atoms with van der Waals surface area (Å²) < 4.78 is 46.2. The Hall–Kier alpha value is -4.32. The van der Waals surface area contributed by atoms with Crippen LogP contribution in [0.1, 0.15) is 46.2 Å². The molecule has 1 aliphatic rings. The lowest BCUT2D eigenvalue weighted by molar-refractivity contribution is -0.177. The number of anilines is 2. The number of furan rings is 1. The van der Waals surface area contributed by atoms with E-state index in [-0.39, 0.29) is 54.3 Å². The van der Waals surface area contributed by atoms with E-state index in [2.05, 4.69) is 15.0 Å². The van der Waals surface area contributed by atoms with Gasteiger partial charge in [0.05, 0.1) is 5.92 Å². The first-order chi connectivity index (χ1) is 19.0. The normalized spacial score (nSPS) is 17.8. The Balaban J connectivity index is 1.41. The molecular formula is C28H27F3N6O3. The number of alkyl halides is 3. The Morgan fingerprint density at radius 2 is 1.85 bits per heavy atom. The highest BCUT2D eigenvalue weighted by Gasteiger charge is 2.44. The standard InChI is InChI=1S/C28H27F3N6O3/c1-2-22(38)20-4-3-15(11-35-20)16-8-24-26(36-12-16)25(27(33)40-24)23(39)7-17-10-34-6-5-21(17)37-13-18(28(29,30)31)9-19(32)14-37/h3-6,8,10-12,18-19H,2,7,9,13-14,32-33H2,1H3/t18-,19+/m1/s1. The van der Waals surface area contributed by atoms with Crippen molar-refractivity contribution in [1.29, 1.82) is 0 Å². The molecule has 9 nitrogen and oxygen atoms in total. The lowest BCUT2D eigenvalue weighted by atomic mass is 9.93. The molecule has 0 unspecified atom stereocenters. The van der Waals surface area contributed by atoms with Crippen molar-refractivity contribution in [2.24, 2.45) is 11.7 Å². The third-order valence-electron chi connectivity index (χ3n) is 7.05. The first-order valence-corrected chi connectivity index (χ1v) is 12.8. The van der Waals surface area contributed by atoms with Crippen LogP contribution in [0.5, 0.6) is 0 Å². The van der Waals surface area contributed by atoms with Crippen molar-refractivity contribution in [3.8, 4) is 11.1 Å². The van der Waals surface area contributed by atoms with E-state index in [9.17, 15) is 22.8 Å². The average molecular weight is 553 g/mol. The highest BCUT2D eigenvalue weighted by Crippen LogP contribution is 2.36. The van der Waals surface area contributed by atoms with Gasteiger partial charge in [-0.2, -0.15) is 13.2 Å². The second kappa shape index (κ2) is 10.7. The Bertz CT molecular complexity index is 1570. The fourth-order valence-electron chi connectivity index (χ4n) is 5.03. The van der Waals surface area contributed by atoms with Crippen LogP contribution in [0.2, 0.25) is 0 Å². The number of pyridine rings is 3. The maximum atomic E-state index is 13.5. The molecule has 1 aliphatic heterocycles. The number of piperidine rings is 1. The van der Waals surface area contributed by atoms with E-state index in [0.29, 0.717) is 34.5 Å². The molecule has 12 heteroatoms. The minimum absolute atomic E-state index is 0.0674. The highest BCUT2D eigenvalue weighted by atomic mass is 19.4. The Morgan fingerprint density at radius 3 is 2.55 bits per heavy atom. The second-order valence-corrected chi connectivity index (χ2v) is 9.86. The van der Waals surface area contributed by atoms with Gasteiger partial charge >= 0.3 is 6.18 Å². The van der Waals surface area contributed by atoms with Gasteiger partial charge < -0.3 is 20.8 Å². The molecular weight excluding hydrogens is 525 g/mol. The molecule has 0 aliphatic carbocycles. The van der Waals surface area contributed by atoms with Gasteiger partial charge in [-0.25, -0.2) is 0 Å². The Kier molecular flexibility index (Phi) is 7.28. The average Bonchev–Trinajstić information content (AvgIpc) is 3.27. The lowest BCUT2D eigenvalue weighted by Gasteiger charge is -2.39. The molecule has 208 valence electrons. The quantitative estimate of drug-likeness (QED) is 0.315. The lowest BCUT2D eigenvalue weighted by Crippen LogP contribution is -2.51. The van der Waals surface area contributed by atoms with Crippen LogP contribution in [0.25, 0.3) is 22.2 Å². The zero-order valence-electron chi connectivity index (χ0n) is 21.6. The van der Waals surface area contributed by atoms with Crippen LogP contribution < -0.4 is 16.4 Å². The maximum absolute atomic E-state index is 13.5. The van der Waals surface area contributed by atoms with E-state index in [1.807, 2.05) is 0 Å². The van der Waals surface area contributed by atoms with Crippen molar-refractivity contribution in [1.82, 2.24) is 15.0 Å². The second-order valence-electron chi connectivity index (χ2n) is 9.86. The van der Waals surface area contributed by atoms with Gasteiger partial charge in [-0.15, -0.1) is 0 Å². The van der Waals surface area contributed by atoms with Crippen molar-refractivity contribution >= 4 is 34.2 Å². The smallest absolute Gasteiger partial charge is 0.393 e. The monoisotopic (exact) mass is 552 g/mol. The zero-order valence-corrected chi connectivity index (χ0v) is 21.6. The zero-order chi connectivity index (χ0) is 28.6. The van der Waals surface area contributed by atoms with Gasteiger partial charge in [-0.3, -0.25) is 24.5 Å². The number of halogens is 3. The molecule has 0 spiro atoms. The molecule has 1 fully saturated rings. The summed E-state index contributed by atoms with van der Waals surface area (Å²) in [5.74, 6) is -2.17. The molecule has 0 bridgehead atoms. The van der Waals surface area contributed by atoms with E-state index in [1.54, 1.807) is 48.5 Å². The number of nitrogen functional groups attached to an aromatic ring is 1.